The molecular formula is C27H24ClNO4. The maximum absolute atomic E-state index is 12.4. The Kier molecular flexibility index (Phi) is 6.80. The Hall–Kier alpha value is -3.57. The number of esters is 1. The molecule has 0 aromatic heterocycles. The Balaban J connectivity index is 1.61. The van der Waals surface area contributed by atoms with Crippen LogP contribution in [0.15, 0.2) is 71.4 Å². The molecule has 1 aliphatic heterocycles. The summed E-state index contributed by atoms with van der Waals surface area (Å²) in [6.45, 7) is 6.71. The number of cyclic esters (lactones) is 1. The van der Waals surface area contributed by atoms with Gasteiger partial charge in [-0.25, -0.2) is 9.79 Å². The predicted molar refractivity (Wildman–Crippen MR) is 130 cm³/mol. The van der Waals surface area contributed by atoms with Crippen LogP contribution in [-0.2, 0) is 16.1 Å². The molecule has 0 amide bonds. The first-order valence-corrected chi connectivity index (χ1v) is 11.0. The van der Waals surface area contributed by atoms with Crippen LogP contribution >= 0.6 is 11.6 Å². The minimum atomic E-state index is -0.514. The molecule has 1 aliphatic rings. The number of hydrogen-bond acceptors (Lipinski definition) is 5. The Bertz CT molecular complexity index is 1250. The first-order chi connectivity index (χ1) is 15.9. The van der Waals surface area contributed by atoms with E-state index >= 15 is 0 Å². The van der Waals surface area contributed by atoms with Crippen molar-refractivity contribution in [2.75, 3.05) is 6.61 Å². The summed E-state index contributed by atoms with van der Waals surface area (Å²) in [7, 11) is 0. The van der Waals surface area contributed by atoms with Gasteiger partial charge < -0.3 is 14.2 Å². The van der Waals surface area contributed by atoms with Gasteiger partial charge in [0, 0.05) is 5.56 Å². The van der Waals surface area contributed by atoms with E-state index in [1.54, 1.807) is 18.2 Å². The highest BCUT2D eigenvalue weighted by atomic mass is 35.5. The first-order valence-electron chi connectivity index (χ1n) is 10.7. The van der Waals surface area contributed by atoms with Crippen LogP contribution in [0, 0.1) is 13.8 Å². The lowest BCUT2D eigenvalue weighted by Crippen LogP contribution is -2.05. The second-order valence-electron chi connectivity index (χ2n) is 7.74. The SMILES string of the molecule is CCOc1cc(/C=C2\N=C(c3ccc(C)cc3)OC2=O)cc(Cl)c1OCc1cccc(C)c1. The summed E-state index contributed by atoms with van der Waals surface area (Å²) in [6, 6.07) is 19.2. The number of benzene rings is 3. The van der Waals surface area contributed by atoms with E-state index in [2.05, 4.69) is 11.1 Å². The molecule has 3 aromatic rings. The van der Waals surface area contributed by atoms with Gasteiger partial charge in [-0.3, -0.25) is 0 Å². The Morgan fingerprint density at radius 3 is 2.52 bits per heavy atom. The average Bonchev–Trinajstić information content (AvgIpc) is 3.14. The summed E-state index contributed by atoms with van der Waals surface area (Å²) in [5.74, 6) is 0.721. The zero-order chi connectivity index (χ0) is 23.4. The molecule has 168 valence electrons. The van der Waals surface area contributed by atoms with Crippen LogP contribution in [0.3, 0.4) is 0 Å². The fourth-order valence-corrected chi connectivity index (χ4v) is 3.69. The molecule has 3 aromatic carbocycles. The van der Waals surface area contributed by atoms with Gasteiger partial charge in [-0.2, -0.15) is 0 Å². The molecule has 33 heavy (non-hydrogen) atoms. The highest BCUT2D eigenvalue weighted by Crippen LogP contribution is 2.38. The van der Waals surface area contributed by atoms with Gasteiger partial charge in [0.1, 0.15) is 6.61 Å². The van der Waals surface area contributed by atoms with Crippen molar-refractivity contribution in [1.29, 1.82) is 0 Å². The lowest BCUT2D eigenvalue weighted by atomic mass is 10.1. The standard InChI is InChI=1S/C27H24ClNO4/c1-4-31-24-15-20(13-22(28)25(24)32-16-19-7-5-6-18(3)12-19)14-23-27(30)33-26(29-23)21-10-8-17(2)9-11-21/h5-15H,4,16H2,1-3H3/b23-14-. The molecular weight excluding hydrogens is 438 g/mol. The summed E-state index contributed by atoms with van der Waals surface area (Å²) in [4.78, 5) is 16.8. The van der Waals surface area contributed by atoms with Crippen molar-refractivity contribution in [2.24, 2.45) is 4.99 Å². The van der Waals surface area contributed by atoms with Crippen molar-refractivity contribution in [3.8, 4) is 11.5 Å². The second kappa shape index (κ2) is 9.92. The van der Waals surface area contributed by atoms with Crippen molar-refractivity contribution in [3.05, 3.63) is 99.2 Å². The molecule has 5 nitrogen and oxygen atoms in total. The summed E-state index contributed by atoms with van der Waals surface area (Å²) in [6.07, 6.45) is 1.63. The van der Waals surface area contributed by atoms with Crippen LogP contribution in [-0.4, -0.2) is 18.5 Å². The molecule has 4 rings (SSSR count). The summed E-state index contributed by atoms with van der Waals surface area (Å²) in [5, 5.41) is 0.384. The number of halogens is 1. The highest BCUT2D eigenvalue weighted by Gasteiger charge is 2.24. The third-order valence-corrected chi connectivity index (χ3v) is 5.30. The maximum Gasteiger partial charge on any atom is 0.363 e. The van der Waals surface area contributed by atoms with Crippen LogP contribution in [0.4, 0.5) is 0 Å². The normalized spacial score (nSPS) is 14.2. The van der Waals surface area contributed by atoms with Gasteiger partial charge in [0.05, 0.1) is 11.6 Å². The molecule has 6 heteroatoms. The van der Waals surface area contributed by atoms with Crippen molar-refractivity contribution in [3.63, 3.8) is 0 Å². The number of aliphatic imine (C=N–C) groups is 1. The zero-order valence-electron chi connectivity index (χ0n) is 18.7. The van der Waals surface area contributed by atoms with Crippen LogP contribution in [0.2, 0.25) is 5.02 Å². The molecule has 0 saturated carbocycles. The van der Waals surface area contributed by atoms with Crippen LogP contribution in [0.25, 0.3) is 6.08 Å². The highest BCUT2D eigenvalue weighted by molar-refractivity contribution is 6.32. The maximum atomic E-state index is 12.4. The average molecular weight is 462 g/mol. The fraction of sp³-hybridized carbons (Fsp3) is 0.185. The van der Waals surface area contributed by atoms with Gasteiger partial charge in [-0.05, 0) is 62.2 Å². The van der Waals surface area contributed by atoms with Gasteiger partial charge >= 0.3 is 5.97 Å². The second-order valence-corrected chi connectivity index (χ2v) is 8.15. The molecule has 0 N–H and O–H groups in total. The Morgan fingerprint density at radius 1 is 1.00 bits per heavy atom. The van der Waals surface area contributed by atoms with E-state index in [1.165, 1.54) is 0 Å². The van der Waals surface area contributed by atoms with E-state index in [9.17, 15) is 4.79 Å². The number of hydrogen-bond donors (Lipinski definition) is 0. The molecule has 0 radical (unpaired) electrons. The zero-order valence-corrected chi connectivity index (χ0v) is 19.5. The van der Waals surface area contributed by atoms with Crippen molar-refractivity contribution >= 4 is 29.5 Å². The van der Waals surface area contributed by atoms with Crippen LogP contribution in [0.5, 0.6) is 11.5 Å². The Morgan fingerprint density at radius 2 is 1.79 bits per heavy atom. The van der Waals surface area contributed by atoms with E-state index in [0.717, 1.165) is 22.3 Å². The minimum absolute atomic E-state index is 0.192. The third-order valence-electron chi connectivity index (χ3n) is 5.02. The summed E-state index contributed by atoms with van der Waals surface area (Å²) < 4.78 is 17.1. The monoisotopic (exact) mass is 461 g/mol. The van der Waals surface area contributed by atoms with Crippen molar-refractivity contribution < 1.29 is 19.0 Å². The number of carbonyl (C=O) groups is 1. The van der Waals surface area contributed by atoms with Gasteiger partial charge in [0.2, 0.25) is 5.90 Å². The van der Waals surface area contributed by atoms with E-state index < -0.39 is 5.97 Å². The first kappa shape index (κ1) is 22.6. The molecule has 0 spiro atoms. The lowest BCUT2D eigenvalue weighted by molar-refractivity contribution is -0.129. The number of rotatable bonds is 7. The third kappa shape index (κ3) is 5.44. The molecule has 0 atom stereocenters. The van der Waals surface area contributed by atoms with E-state index in [1.807, 2.05) is 63.2 Å². The van der Waals surface area contributed by atoms with Gasteiger partial charge in [-0.1, -0.05) is 59.1 Å². The molecule has 0 unspecified atom stereocenters. The smallest absolute Gasteiger partial charge is 0.363 e. The molecule has 0 bridgehead atoms. The van der Waals surface area contributed by atoms with Crippen LogP contribution in [0.1, 0.15) is 34.7 Å². The lowest BCUT2D eigenvalue weighted by Gasteiger charge is -2.15. The van der Waals surface area contributed by atoms with Gasteiger partial charge in [-0.15, -0.1) is 0 Å². The van der Waals surface area contributed by atoms with E-state index in [0.29, 0.717) is 35.3 Å². The minimum Gasteiger partial charge on any atom is -0.490 e. The van der Waals surface area contributed by atoms with Gasteiger partial charge in [0.25, 0.3) is 0 Å². The van der Waals surface area contributed by atoms with Crippen LogP contribution < -0.4 is 9.47 Å². The van der Waals surface area contributed by atoms with Crippen molar-refractivity contribution in [1.82, 2.24) is 0 Å². The largest absolute Gasteiger partial charge is 0.490 e. The van der Waals surface area contributed by atoms with E-state index in [-0.39, 0.29) is 11.6 Å². The van der Waals surface area contributed by atoms with Gasteiger partial charge in [0.15, 0.2) is 17.2 Å². The summed E-state index contributed by atoms with van der Waals surface area (Å²) in [5.41, 5.74) is 4.90. The number of aryl methyl sites for hydroxylation is 2. The molecule has 0 saturated heterocycles. The van der Waals surface area contributed by atoms with E-state index in [4.69, 9.17) is 25.8 Å². The summed E-state index contributed by atoms with van der Waals surface area (Å²) >= 11 is 6.54. The molecule has 1 heterocycles. The number of carbonyl (C=O) groups excluding carboxylic acids is 1. The van der Waals surface area contributed by atoms with Crippen molar-refractivity contribution in [2.45, 2.75) is 27.4 Å². The number of ether oxygens (including phenoxy) is 3. The Labute approximate surface area is 198 Å². The number of nitrogens with zero attached hydrogens (tertiary/aromatic N) is 1. The quantitative estimate of drug-likeness (QED) is 0.307. The predicted octanol–water partition coefficient (Wildman–Crippen LogP) is 6.28. The molecule has 0 fully saturated rings. The fourth-order valence-electron chi connectivity index (χ4n) is 3.42. The topological polar surface area (TPSA) is 57.1 Å². The molecule has 0 aliphatic carbocycles.